The summed E-state index contributed by atoms with van der Waals surface area (Å²) in [5.41, 5.74) is 9.92. The van der Waals surface area contributed by atoms with Crippen molar-refractivity contribution >= 4 is 22.4 Å². The van der Waals surface area contributed by atoms with Crippen molar-refractivity contribution in [3.8, 4) is 11.3 Å². The van der Waals surface area contributed by atoms with Crippen molar-refractivity contribution in [3.05, 3.63) is 34.7 Å². The molecule has 1 aromatic carbocycles. The summed E-state index contributed by atoms with van der Waals surface area (Å²) < 4.78 is 0. The number of rotatable bonds is 3. The molecule has 3 N–H and O–H groups in total. The molecule has 1 amide bonds. The lowest BCUT2D eigenvalue weighted by molar-refractivity contribution is -0.121. The van der Waals surface area contributed by atoms with E-state index >= 15 is 0 Å². The Morgan fingerprint density at radius 2 is 2.00 bits per heavy atom. The quantitative estimate of drug-likeness (QED) is 0.908. The number of hydrogen-bond acceptors (Lipinski definition) is 4. The molecule has 1 fully saturated rings. The van der Waals surface area contributed by atoms with Gasteiger partial charge in [0.05, 0.1) is 11.2 Å². The van der Waals surface area contributed by atoms with Crippen LogP contribution in [0.15, 0.2) is 23.6 Å². The van der Waals surface area contributed by atoms with Crippen LogP contribution in [0.5, 0.6) is 0 Å². The van der Waals surface area contributed by atoms with Crippen LogP contribution in [0.4, 0.5) is 5.13 Å². The second-order valence-electron chi connectivity index (χ2n) is 6.15. The number of hydrogen-bond donors (Lipinski definition) is 2. The summed E-state index contributed by atoms with van der Waals surface area (Å²) in [5, 5.41) is 5.47. The molecule has 1 heterocycles. The fourth-order valence-electron chi connectivity index (χ4n) is 2.82. The third kappa shape index (κ3) is 2.91. The molecule has 1 aromatic heterocycles. The molecule has 0 aliphatic heterocycles. The molecule has 116 valence electrons. The van der Waals surface area contributed by atoms with Crippen LogP contribution in [0.1, 0.15) is 36.8 Å². The number of nitrogens with two attached hydrogens (primary N) is 1. The first-order chi connectivity index (χ1) is 10.5. The maximum Gasteiger partial charge on any atom is 0.246 e. The Hall–Kier alpha value is -1.72. The summed E-state index contributed by atoms with van der Waals surface area (Å²) in [6.45, 7) is 4.18. The van der Waals surface area contributed by atoms with Gasteiger partial charge in [-0.25, -0.2) is 4.98 Å². The average molecular weight is 315 g/mol. The zero-order valence-electron chi connectivity index (χ0n) is 13.0. The largest absolute Gasteiger partial charge is 0.317 e. The van der Waals surface area contributed by atoms with E-state index in [1.54, 1.807) is 0 Å². The number of aromatic nitrogens is 1. The Morgan fingerprint density at radius 3 is 2.68 bits per heavy atom. The van der Waals surface area contributed by atoms with Crippen molar-refractivity contribution in [2.75, 3.05) is 5.32 Å². The van der Waals surface area contributed by atoms with E-state index in [1.165, 1.54) is 22.5 Å². The molecule has 0 bridgehead atoms. The molecule has 2 aromatic rings. The molecule has 0 unspecified atom stereocenters. The number of carbonyl (C=O) groups is 1. The van der Waals surface area contributed by atoms with Crippen LogP contribution in [-0.4, -0.2) is 16.4 Å². The summed E-state index contributed by atoms with van der Waals surface area (Å²) >= 11 is 1.44. The molecule has 22 heavy (non-hydrogen) atoms. The number of anilines is 1. The van der Waals surface area contributed by atoms with Crippen LogP contribution in [-0.2, 0) is 4.79 Å². The van der Waals surface area contributed by atoms with Crippen LogP contribution in [0, 0.1) is 13.8 Å². The molecule has 3 rings (SSSR count). The van der Waals surface area contributed by atoms with Gasteiger partial charge in [-0.2, -0.15) is 0 Å². The zero-order chi connectivity index (χ0) is 15.7. The number of aryl methyl sites for hydroxylation is 2. The molecule has 0 saturated heterocycles. The van der Waals surface area contributed by atoms with E-state index in [9.17, 15) is 4.79 Å². The predicted octanol–water partition coefficient (Wildman–Crippen LogP) is 3.64. The minimum absolute atomic E-state index is 0.106. The Balaban J connectivity index is 1.76. The molecule has 4 nitrogen and oxygen atoms in total. The molecule has 0 spiro atoms. The van der Waals surface area contributed by atoms with Gasteiger partial charge >= 0.3 is 0 Å². The molecule has 0 radical (unpaired) electrons. The molecular formula is C17H21N3OS. The predicted molar refractivity (Wildman–Crippen MR) is 91.0 cm³/mol. The molecule has 1 aliphatic carbocycles. The number of nitrogens with one attached hydrogen (secondary N) is 1. The molecule has 1 aliphatic rings. The fraction of sp³-hybridized carbons (Fsp3) is 0.412. The van der Waals surface area contributed by atoms with Gasteiger partial charge < -0.3 is 11.1 Å². The summed E-state index contributed by atoms with van der Waals surface area (Å²) in [5.74, 6) is -0.106. The lowest BCUT2D eigenvalue weighted by Crippen LogP contribution is -2.48. The number of benzene rings is 1. The average Bonchev–Trinajstić information content (AvgIpc) is 3.12. The van der Waals surface area contributed by atoms with E-state index in [2.05, 4.69) is 42.3 Å². The Kier molecular flexibility index (Phi) is 4.02. The summed E-state index contributed by atoms with van der Waals surface area (Å²) in [6, 6.07) is 6.28. The van der Waals surface area contributed by atoms with Gasteiger partial charge in [0.2, 0.25) is 5.91 Å². The van der Waals surface area contributed by atoms with Crippen molar-refractivity contribution in [1.29, 1.82) is 0 Å². The van der Waals surface area contributed by atoms with Gasteiger partial charge in [0.25, 0.3) is 0 Å². The summed E-state index contributed by atoms with van der Waals surface area (Å²) in [6.07, 6.45) is 3.56. The topological polar surface area (TPSA) is 68.0 Å². The highest BCUT2D eigenvalue weighted by molar-refractivity contribution is 7.14. The second-order valence-corrected chi connectivity index (χ2v) is 7.01. The van der Waals surface area contributed by atoms with Gasteiger partial charge in [0.1, 0.15) is 0 Å². The third-order valence-electron chi connectivity index (χ3n) is 4.48. The minimum Gasteiger partial charge on any atom is -0.317 e. The zero-order valence-corrected chi connectivity index (χ0v) is 13.8. The van der Waals surface area contributed by atoms with Crippen LogP contribution < -0.4 is 11.1 Å². The van der Waals surface area contributed by atoms with Crippen LogP contribution >= 0.6 is 11.3 Å². The highest BCUT2D eigenvalue weighted by Crippen LogP contribution is 2.30. The van der Waals surface area contributed by atoms with E-state index in [4.69, 9.17) is 5.73 Å². The second kappa shape index (κ2) is 5.82. The Bertz CT molecular complexity index is 702. The van der Waals surface area contributed by atoms with Gasteiger partial charge in [0.15, 0.2) is 5.13 Å². The fourth-order valence-corrected chi connectivity index (χ4v) is 3.53. The maximum atomic E-state index is 12.3. The first-order valence-corrected chi connectivity index (χ1v) is 8.49. The number of carbonyl (C=O) groups excluding carboxylic acids is 1. The SMILES string of the molecule is Cc1ccc(-c2csc(NC(=O)C3(N)CCCC3)n2)cc1C. The third-order valence-corrected chi connectivity index (χ3v) is 5.23. The molecular weight excluding hydrogens is 294 g/mol. The Morgan fingerprint density at radius 1 is 1.27 bits per heavy atom. The molecule has 5 heteroatoms. The number of amides is 1. The number of thiazole rings is 1. The van der Waals surface area contributed by atoms with Gasteiger partial charge in [-0.1, -0.05) is 25.0 Å². The van der Waals surface area contributed by atoms with E-state index in [-0.39, 0.29) is 5.91 Å². The van der Waals surface area contributed by atoms with Gasteiger partial charge in [-0.05, 0) is 43.9 Å². The van der Waals surface area contributed by atoms with E-state index in [1.807, 2.05) is 5.38 Å². The maximum absolute atomic E-state index is 12.3. The van der Waals surface area contributed by atoms with Crippen LogP contribution in [0.25, 0.3) is 11.3 Å². The van der Waals surface area contributed by atoms with Crippen molar-refractivity contribution < 1.29 is 4.79 Å². The smallest absolute Gasteiger partial charge is 0.246 e. The van der Waals surface area contributed by atoms with E-state index in [0.29, 0.717) is 5.13 Å². The highest BCUT2D eigenvalue weighted by atomic mass is 32.1. The summed E-state index contributed by atoms with van der Waals surface area (Å²) in [4.78, 5) is 16.8. The van der Waals surface area contributed by atoms with E-state index < -0.39 is 5.54 Å². The van der Waals surface area contributed by atoms with Crippen molar-refractivity contribution in [3.63, 3.8) is 0 Å². The first kappa shape index (κ1) is 15.2. The van der Waals surface area contributed by atoms with Crippen molar-refractivity contribution in [2.24, 2.45) is 5.73 Å². The van der Waals surface area contributed by atoms with E-state index in [0.717, 1.165) is 36.9 Å². The standard InChI is InChI=1S/C17H21N3OS/c1-11-5-6-13(9-12(11)2)14-10-22-16(19-14)20-15(21)17(18)7-3-4-8-17/h5-6,9-10H,3-4,7-8,18H2,1-2H3,(H,19,20,21). The van der Waals surface area contributed by atoms with Crippen LogP contribution in [0.3, 0.4) is 0 Å². The van der Waals surface area contributed by atoms with Crippen molar-refractivity contribution in [1.82, 2.24) is 4.98 Å². The monoisotopic (exact) mass is 315 g/mol. The van der Waals surface area contributed by atoms with Gasteiger partial charge in [0, 0.05) is 10.9 Å². The van der Waals surface area contributed by atoms with Crippen molar-refractivity contribution in [2.45, 2.75) is 45.1 Å². The van der Waals surface area contributed by atoms with Gasteiger partial charge in [-0.3, -0.25) is 4.79 Å². The number of nitrogens with zero attached hydrogens (tertiary/aromatic N) is 1. The minimum atomic E-state index is -0.716. The lowest BCUT2D eigenvalue weighted by atomic mass is 9.98. The first-order valence-electron chi connectivity index (χ1n) is 7.61. The Labute approximate surface area is 134 Å². The molecule has 1 saturated carbocycles. The van der Waals surface area contributed by atoms with Crippen LogP contribution in [0.2, 0.25) is 0 Å². The normalized spacial score (nSPS) is 16.7. The summed E-state index contributed by atoms with van der Waals surface area (Å²) in [7, 11) is 0. The molecule has 0 atom stereocenters. The lowest BCUT2D eigenvalue weighted by Gasteiger charge is -2.21. The van der Waals surface area contributed by atoms with Gasteiger partial charge in [-0.15, -0.1) is 11.3 Å². The highest BCUT2D eigenvalue weighted by Gasteiger charge is 2.37.